The minimum atomic E-state index is -0.468. The summed E-state index contributed by atoms with van der Waals surface area (Å²) in [5.41, 5.74) is 1.36. The first kappa shape index (κ1) is 16.7. The van der Waals surface area contributed by atoms with Gasteiger partial charge in [-0.15, -0.1) is 0 Å². The second-order valence-corrected chi connectivity index (χ2v) is 6.12. The summed E-state index contributed by atoms with van der Waals surface area (Å²) in [6.07, 6.45) is 1.38. The van der Waals surface area contributed by atoms with Crippen LogP contribution in [0.25, 0.3) is 10.2 Å². The van der Waals surface area contributed by atoms with Gasteiger partial charge in [0.05, 0.1) is 23.0 Å². The average molecular weight is 358 g/mol. The van der Waals surface area contributed by atoms with E-state index in [1.807, 2.05) is 0 Å². The van der Waals surface area contributed by atoms with Crippen molar-refractivity contribution in [3.8, 4) is 0 Å². The van der Waals surface area contributed by atoms with Crippen LogP contribution in [0.1, 0.15) is 17.5 Å². The summed E-state index contributed by atoms with van der Waals surface area (Å²) in [5, 5.41) is 8.18. The molecule has 0 saturated carbocycles. The predicted molar refractivity (Wildman–Crippen MR) is 93.6 cm³/mol. The smallest absolute Gasteiger partial charge is 0.287 e. The van der Waals surface area contributed by atoms with Gasteiger partial charge < -0.3 is 20.4 Å². The van der Waals surface area contributed by atoms with Gasteiger partial charge in [-0.1, -0.05) is 11.3 Å². The average Bonchev–Trinajstić information content (AvgIpc) is 3.20. The molecule has 3 amide bonds. The van der Waals surface area contributed by atoms with Crippen molar-refractivity contribution in [1.82, 2.24) is 10.3 Å². The van der Waals surface area contributed by atoms with E-state index in [0.29, 0.717) is 16.3 Å². The standard InChI is InChI=1S/C16H14N4O4S/c1-9(21)18-10-4-5-11-13(7-10)25-16(19-11)20-14(22)8-17-15(23)12-3-2-6-24-12/h2-7H,8H2,1H3,(H,17,23)(H,18,21)(H,19,20,22). The van der Waals surface area contributed by atoms with E-state index in [4.69, 9.17) is 4.42 Å². The van der Waals surface area contributed by atoms with Crippen molar-refractivity contribution in [1.29, 1.82) is 0 Å². The molecule has 0 saturated heterocycles. The fourth-order valence-corrected chi connectivity index (χ4v) is 3.00. The molecule has 9 heteroatoms. The van der Waals surface area contributed by atoms with Crippen molar-refractivity contribution < 1.29 is 18.8 Å². The highest BCUT2D eigenvalue weighted by atomic mass is 32.1. The van der Waals surface area contributed by atoms with Crippen LogP contribution in [-0.4, -0.2) is 29.3 Å². The normalized spacial score (nSPS) is 10.4. The number of amides is 3. The quantitative estimate of drug-likeness (QED) is 0.647. The molecule has 0 bridgehead atoms. The zero-order valence-corrected chi connectivity index (χ0v) is 14.0. The molecular weight excluding hydrogens is 344 g/mol. The largest absolute Gasteiger partial charge is 0.459 e. The molecule has 8 nitrogen and oxygen atoms in total. The maximum Gasteiger partial charge on any atom is 0.287 e. The van der Waals surface area contributed by atoms with Crippen LogP contribution >= 0.6 is 11.3 Å². The molecule has 2 heterocycles. The minimum Gasteiger partial charge on any atom is -0.459 e. The highest BCUT2D eigenvalue weighted by molar-refractivity contribution is 7.22. The monoisotopic (exact) mass is 358 g/mol. The number of hydrogen-bond acceptors (Lipinski definition) is 6. The van der Waals surface area contributed by atoms with Gasteiger partial charge in [-0.25, -0.2) is 4.98 Å². The van der Waals surface area contributed by atoms with Crippen molar-refractivity contribution in [3.05, 3.63) is 42.4 Å². The Morgan fingerprint density at radius 2 is 2.04 bits per heavy atom. The number of thiazole rings is 1. The lowest BCUT2D eigenvalue weighted by atomic mass is 10.3. The maximum atomic E-state index is 11.9. The van der Waals surface area contributed by atoms with Crippen molar-refractivity contribution in [2.75, 3.05) is 17.2 Å². The van der Waals surface area contributed by atoms with E-state index in [-0.39, 0.29) is 18.2 Å². The van der Waals surface area contributed by atoms with Gasteiger partial charge in [-0.3, -0.25) is 14.4 Å². The Balaban J connectivity index is 1.61. The summed E-state index contributed by atoms with van der Waals surface area (Å²) in [6.45, 7) is 1.23. The van der Waals surface area contributed by atoms with Crippen LogP contribution in [0.4, 0.5) is 10.8 Å². The first-order valence-corrected chi connectivity index (χ1v) is 8.12. The Morgan fingerprint density at radius 1 is 1.20 bits per heavy atom. The Hall–Kier alpha value is -3.20. The Kier molecular flexibility index (Phi) is 4.75. The van der Waals surface area contributed by atoms with Crippen molar-refractivity contribution >= 4 is 50.1 Å². The number of carbonyl (C=O) groups is 3. The number of aromatic nitrogens is 1. The molecule has 25 heavy (non-hydrogen) atoms. The SMILES string of the molecule is CC(=O)Nc1ccc2nc(NC(=O)CNC(=O)c3ccco3)sc2c1. The molecule has 0 fully saturated rings. The molecule has 0 aliphatic rings. The number of anilines is 2. The number of furan rings is 1. The van der Waals surface area contributed by atoms with Gasteiger partial charge in [0, 0.05) is 12.6 Å². The molecule has 0 atom stereocenters. The van der Waals surface area contributed by atoms with E-state index < -0.39 is 11.8 Å². The number of benzene rings is 1. The second kappa shape index (κ2) is 7.14. The van der Waals surface area contributed by atoms with E-state index in [1.54, 1.807) is 24.3 Å². The molecule has 3 rings (SSSR count). The molecule has 1 aromatic carbocycles. The van der Waals surface area contributed by atoms with Crippen molar-refractivity contribution in [2.45, 2.75) is 6.92 Å². The molecule has 2 aromatic heterocycles. The molecule has 3 N–H and O–H groups in total. The third-order valence-electron chi connectivity index (χ3n) is 3.11. The number of hydrogen-bond donors (Lipinski definition) is 3. The third kappa shape index (κ3) is 4.21. The van der Waals surface area contributed by atoms with Crippen LogP contribution in [0.2, 0.25) is 0 Å². The van der Waals surface area contributed by atoms with Crippen LogP contribution in [-0.2, 0) is 9.59 Å². The van der Waals surface area contributed by atoms with Gasteiger partial charge in [-0.2, -0.15) is 0 Å². The second-order valence-electron chi connectivity index (χ2n) is 5.09. The molecule has 0 radical (unpaired) electrons. The summed E-state index contributed by atoms with van der Waals surface area (Å²) in [4.78, 5) is 39.0. The van der Waals surface area contributed by atoms with Crippen LogP contribution in [0.5, 0.6) is 0 Å². The number of carbonyl (C=O) groups excluding carboxylic acids is 3. The topological polar surface area (TPSA) is 113 Å². The van der Waals surface area contributed by atoms with E-state index in [1.165, 1.54) is 30.6 Å². The molecule has 3 aromatic rings. The van der Waals surface area contributed by atoms with E-state index in [2.05, 4.69) is 20.9 Å². The van der Waals surface area contributed by atoms with Crippen LogP contribution in [0, 0.1) is 0 Å². The van der Waals surface area contributed by atoms with E-state index in [9.17, 15) is 14.4 Å². The highest BCUT2D eigenvalue weighted by Gasteiger charge is 2.12. The maximum absolute atomic E-state index is 11.9. The van der Waals surface area contributed by atoms with Gasteiger partial charge in [0.15, 0.2) is 10.9 Å². The van der Waals surface area contributed by atoms with Gasteiger partial charge in [-0.05, 0) is 30.3 Å². The minimum absolute atomic E-state index is 0.137. The predicted octanol–water partition coefficient (Wildman–Crippen LogP) is 2.22. The fraction of sp³-hybridized carbons (Fsp3) is 0.125. The summed E-state index contributed by atoms with van der Waals surface area (Å²) in [6, 6.07) is 8.37. The molecule has 0 aliphatic heterocycles. The number of fused-ring (bicyclic) bond motifs is 1. The first-order chi connectivity index (χ1) is 12.0. The van der Waals surface area contributed by atoms with Gasteiger partial charge >= 0.3 is 0 Å². The summed E-state index contributed by atoms with van der Waals surface area (Å²) in [7, 11) is 0. The van der Waals surface area contributed by atoms with Crippen molar-refractivity contribution in [2.24, 2.45) is 0 Å². The zero-order valence-electron chi connectivity index (χ0n) is 13.2. The first-order valence-electron chi connectivity index (χ1n) is 7.31. The lowest BCUT2D eigenvalue weighted by Gasteiger charge is -2.02. The Labute approximate surface area is 146 Å². The molecule has 128 valence electrons. The third-order valence-corrected chi connectivity index (χ3v) is 4.04. The summed E-state index contributed by atoms with van der Waals surface area (Å²) < 4.78 is 5.76. The summed E-state index contributed by atoms with van der Waals surface area (Å²) in [5.74, 6) is -0.895. The van der Waals surface area contributed by atoms with E-state index in [0.717, 1.165) is 4.70 Å². The molecule has 0 aliphatic carbocycles. The Bertz CT molecular complexity index is 933. The molecular formula is C16H14N4O4S. The number of rotatable bonds is 5. The van der Waals surface area contributed by atoms with Gasteiger partial charge in [0.2, 0.25) is 11.8 Å². The highest BCUT2D eigenvalue weighted by Crippen LogP contribution is 2.28. The van der Waals surface area contributed by atoms with Gasteiger partial charge in [0.25, 0.3) is 5.91 Å². The van der Waals surface area contributed by atoms with Crippen LogP contribution in [0.15, 0.2) is 41.0 Å². The number of nitrogens with zero attached hydrogens (tertiary/aromatic N) is 1. The lowest BCUT2D eigenvalue weighted by molar-refractivity contribution is -0.115. The molecule has 0 spiro atoms. The fourth-order valence-electron chi connectivity index (χ4n) is 2.08. The Morgan fingerprint density at radius 3 is 2.76 bits per heavy atom. The van der Waals surface area contributed by atoms with E-state index >= 15 is 0 Å². The number of nitrogens with one attached hydrogen (secondary N) is 3. The van der Waals surface area contributed by atoms with Crippen LogP contribution < -0.4 is 16.0 Å². The van der Waals surface area contributed by atoms with Crippen LogP contribution in [0.3, 0.4) is 0 Å². The van der Waals surface area contributed by atoms with Gasteiger partial charge in [0.1, 0.15) is 0 Å². The molecule has 0 unspecified atom stereocenters. The zero-order chi connectivity index (χ0) is 17.8. The van der Waals surface area contributed by atoms with Crippen molar-refractivity contribution in [3.63, 3.8) is 0 Å². The summed E-state index contributed by atoms with van der Waals surface area (Å²) >= 11 is 1.27. The lowest BCUT2D eigenvalue weighted by Crippen LogP contribution is -2.32.